The van der Waals surface area contributed by atoms with E-state index in [0.717, 1.165) is 12.3 Å². The summed E-state index contributed by atoms with van der Waals surface area (Å²) in [5, 5.41) is 2.45. The van der Waals surface area contributed by atoms with E-state index in [4.69, 9.17) is 10.5 Å². The topological polar surface area (TPSA) is 38.5 Å². The molecule has 0 bridgehead atoms. The molecule has 2 N–H and O–H groups in total. The molecule has 2 heteroatoms. The summed E-state index contributed by atoms with van der Waals surface area (Å²) in [6.45, 7) is 0.827. The fraction of sp³-hybridized carbons (Fsp3) is 0.167. The average Bonchev–Trinajstić information content (AvgIpc) is 2.99. The Morgan fingerprint density at radius 1 is 1.21 bits per heavy atom. The maximum atomic E-state index is 5.83. The molecular formula is C12H11NO. The van der Waals surface area contributed by atoms with Crippen molar-refractivity contribution in [3.63, 3.8) is 0 Å². The van der Waals surface area contributed by atoms with Gasteiger partial charge in [-0.2, -0.15) is 0 Å². The maximum absolute atomic E-state index is 5.83. The van der Waals surface area contributed by atoms with Gasteiger partial charge in [-0.3, -0.25) is 0 Å². The number of nitrogens with two attached hydrogens (primary N) is 1. The smallest absolute Gasteiger partial charge is 0.107 e. The van der Waals surface area contributed by atoms with Crippen molar-refractivity contribution < 1.29 is 4.74 Å². The predicted octanol–water partition coefficient (Wildman–Crippen LogP) is 2.49. The molecule has 0 saturated carbocycles. The van der Waals surface area contributed by atoms with Crippen LogP contribution in [0.5, 0.6) is 0 Å². The van der Waals surface area contributed by atoms with Crippen molar-refractivity contribution >= 4 is 16.5 Å². The van der Waals surface area contributed by atoms with Gasteiger partial charge >= 0.3 is 0 Å². The first-order valence-electron chi connectivity index (χ1n) is 4.74. The standard InChI is InChI=1S/C12H11NO/c13-9-5-8-3-1-2-4-10(8)11(6-9)12-7-14-12/h1-6,12H,7,13H2. The van der Waals surface area contributed by atoms with Gasteiger partial charge in [-0.25, -0.2) is 0 Å². The van der Waals surface area contributed by atoms with E-state index in [1.807, 2.05) is 24.3 Å². The van der Waals surface area contributed by atoms with Gasteiger partial charge in [0.15, 0.2) is 0 Å². The number of epoxide rings is 1. The van der Waals surface area contributed by atoms with Crippen LogP contribution in [0.4, 0.5) is 5.69 Å². The van der Waals surface area contributed by atoms with Gasteiger partial charge < -0.3 is 10.5 Å². The van der Waals surface area contributed by atoms with Gasteiger partial charge in [-0.15, -0.1) is 0 Å². The third-order valence-electron chi connectivity index (χ3n) is 2.60. The minimum Gasteiger partial charge on any atom is -0.399 e. The molecule has 1 aliphatic heterocycles. The Morgan fingerprint density at radius 2 is 2.00 bits per heavy atom. The van der Waals surface area contributed by atoms with E-state index in [9.17, 15) is 0 Å². The zero-order valence-electron chi connectivity index (χ0n) is 7.73. The highest BCUT2D eigenvalue weighted by Crippen LogP contribution is 2.36. The normalized spacial score (nSPS) is 19.9. The zero-order valence-corrected chi connectivity index (χ0v) is 7.73. The summed E-state index contributed by atoms with van der Waals surface area (Å²) in [6.07, 6.45) is 0.267. The van der Waals surface area contributed by atoms with E-state index in [-0.39, 0.29) is 6.10 Å². The Bertz CT molecular complexity index is 489. The van der Waals surface area contributed by atoms with Crippen molar-refractivity contribution in [1.29, 1.82) is 0 Å². The highest BCUT2D eigenvalue weighted by Gasteiger charge is 2.26. The number of fused-ring (bicyclic) bond motifs is 1. The summed E-state index contributed by atoms with van der Waals surface area (Å²) in [5.41, 5.74) is 7.87. The molecule has 2 aromatic rings. The Morgan fingerprint density at radius 3 is 2.79 bits per heavy atom. The number of hydrogen-bond acceptors (Lipinski definition) is 2. The number of nitrogen functional groups attached to an aromatic ring is 1. The van der Waals surface area contributed by atoms with Gasteiger partial charge in [0.1, 0.15) is 6.10 Å². The van der Waals surface area contributed by atoms with Crippen LogP contribution < -0.4 is 5.73 Å². The van der Waals surface area contributed by atoms with Crippen LogP contribution in [0.2, 0.25) is 0 Å². The summed E-state index contributed by atoms with van der Waals surface area (Å²) < 4.78 is 5.30. The molecule has 1 atom stereocenters. The van der Waals surface area contributed by atoms with E-state index in [2.05, 4.69) is 12.1 Å². The SMILES string of the molecule is Nc1cc(C2CO2)c2ccccc2c1. The van der Waals surface area contributed by atoms with Crippen molar-refractivity contribution in [1.82, 2.24) is 0 Å². The molecular weight excluding hydrogens is 174 g/mol. The Balaban J connectivity index is 2.34. The molecule has 14 heavy (non-hydrogen) atoms. The Labute approximate surface area is 82.3 Å². The fourth-order valence-electron chi connectivity index (χ4n) is 1.86. The highest BCUT2D eigenvalue weighted by atomic mass is 16.6. The van der Waals surface area contributed by atoms with Gasteiger partial charge in [-0.1, -0.05) is 24.3 Å². The van der Waals surface area contributed by atoms with Gasteiger partial charge in [0.05, 0.1) is 6.61 Å². The number of ether oxygens (including phenoxy) is 1. The van der Waals surface area contributed by atoms with Gasteiger partial charge in [0.2, 0.25) is 0 Å². The van der Waals surface area contributed by atoms with Crippen molar-refractivity contribution in [2.75, 3.05) is 12.3 Å². The number of benzene rings is 2. The monoisotopic (exact) mass is 185 g/mol. The van der Waals surface area contributed by atoms with Crippen molar-refractivity contribution in [2.45, 2.75) is 6.10 Å². The van der Waals surface area contributed by atoms with Gasteiger partial charge in [-0.05, 0) is 28.5 Å². The second kappa shape index (κ2) is 2.72. The third-order valence-corrected chi connectivity index (χ3v) is 2.60. The second-order valence-electron chi connectivity index (χ2n) is 3.65. The molecule has 1 fully saturated rings. The molecule has 2 aromatic carbocycles. The van der Waals surface area contributed by atoms with Crippen molar-refractivity contribution in [2.24, 2.45) is 0 Å². The van der Waals surface area contributed by atoms with Crippen molar-refractivity contribution in [3.05, 3.63) is 42.0 Å². The van der Waals surface area contributed by atoms with Crippen LogP contribution in [0.15, 0.2) is 36.4 Å². The highest BCUT2D eigenvalue weighted by molar-refractivity contribution is 5.89. The number of anilines is 1. The Kier molecular flexibility index (Phi) is 1.52. The first kappa shape index (κ1) is 7.83. The molecule has 0 aliphatic carbocycles. The van der Waals surface area contributed by atoms with Gasteiger partial charge in [0.25, 0.3) is 0 Å². The minimum atomic E-state index is 0.267. The molecule has 1 heterocycles. The maximum Gasteiger partial charge on any atom is 0.107 e. The molecule has 1 unspecified atom stereocenters. The molecule has 0 spiro atoms. The lowest BCUT2D eigenvalue weighted by Crippen LogP contribution is -1.90. The lowest BCUT2D eigenvalue weighted by Gasteiger charge is -2.05. The summed E-state index contributed by atoms with van der Waals surface area (Å²) in [5.74, 6) is 0. The minimum absolute atomic E-state index is 0.267. The molecule has 2 nitrogen and oxygen atoms in total. The van der Waals surface area contributed by atoms with Crippen LogP contribution in [0.3, 0.4) is 0 Å². The number of rotatable bonds is 1. The largest absolute Gasteiger partial charge is 0.399 e. The van der Waals surface area contributed by atoms with E-state index < -0.39 is 0 Å². The first-order chi connectivity index (χ1) is 6.84. The molecule has 3 rings (SSSR count). The molecule has 70 valence electrons. The average molecular weight is 185 g/mol. The lowest BCUT2D eigenvalue weighted by molar-refractivity contribution is 0.417. The first-order valence-corrected chi connectivity index (χ1v) is 4.74. The lowest BCUT2D eigenvalue weighted by atomic mass is 10.0. The van der Waals surface area contributed by atoms with Crippen LogP contribution in [0, 0.1) is 0 Å². The van der Waals surface area contributed by atoms with Crippen LogP contribution in [0.25, 0.3) is 10.8 Å². The second-order valence-corrected chi connectivity index (χ2v) is 3.65. The van der Waals surface area contributed by atoms with Gasteiger partial charge in [0, 0.05) is 5.69 Å². The van der Waals surface area contributed by atoms with Crippen LogP contribution in [-0.2, 0) is 4.74 Å². The molecule has 0 aromatic heterocycles. The third kappa shape index (κ3) is 1.16. The zero-order chi connectivity index (χ0) is 9.54. The molecule has 1 aliphatic rings. The van der Waals surface area contributed by atoms with Crippen LogP contribution in [0.1, 0.15) is 11.7 Å². The summed E-state index contributed by atoms with van der Waals surface area (Å²) in [6, 6.07) is 12.3. The van der Waals surface area contributed by atoms with E-state index >= 15 is 0 Å². The molecule has 0 radical (unpaired) electrons. The quantitative estimate of drug-likeness (QED) is 0.547. The fourth-order valence-corrected chi connectivity index (χ4v) is 1.86. The predicted molar refractivity (Wildman–Crippen MR) is 57.1 cm³/mol. The van der Waals surface area contributed by atoms with Crippen molar-refractivity contribution in [3.8, 4) is 0 Å². The summed E-state index contributed by atoms with van der Waals surface area (Å²) in [7, 11) is 0. The Hall–Kier alpha value is -1.54. The molecule has 1 saturated heterocycles. The van der Waals surface area contributed by atoms with E-state index in [0.29, 0.717) is 0 Å². The van der Waals surface area contributed by atoms with E-state index in [1.54, 1.807) is 0 Å². The van der Waals surface area contributed by atoms with E-state index in [1.165, 1.54) is 16.3 Å². The number of hydrogen-bond donors (Lipinski definition) is 1. The summed E-state index contributed by atoms with van der Waals surface area (Å²) in [4.78, 5) is 0. The van der Waals surface area contributed by atoms with Crippen LogP contribution >= 0.6 is 0 Å². The van der Waals surface area contributed by atoms with Crippen LogP contribution in [-0.4, -0.2) is 6.61 Å². The molecule has 0 amide bonds. The summed E-state index contributed by atoms with van der Waals surface area (Å²) >= 11 is 0.